The van der Waals surface area contributed by atoms with Gasteiger partial charge in [-0.15, -0.1) is 0 Å². The molecule has 5 nitrogen and oxygen atoms in total. The van der Waals surface area contributed by atoms with Crippen molar-refractivity contribution in [1.29, 1.82) is 0 Å². The first kappa shape index (κ1) is 27.9. The molecule has 3 heterocycles. The van der Waals surface area contributed by atoms with E-state index in [9.17, 15) is 9.59 Å². The van der Waals surface area contributed by atoms with E-state index < -0.39 is 5.41 Å². The van der Waals surface area contributed by atoms with Crippen molar-refractivity contribution in [1.82, 2.24) is 10.3 Å². The number of hydrogen-bond donors (Lipinski definition) is 1. The first-order chi connectivity index (χ1) is 16.5. The number of fused-ring (bicyclic) bond motifs is 1. The quantitative estimate of drug-likeness (QED) is 0.457. The Balaban J connectivity index is 1.88. The van der Waals surface area contributed by atoms with Crippen LogP contribution in [0, 0.1) is 11.3 Å². The lowest BCUT2D eigenvalue weighted by atomic mass is 9.79. The molecule has 4 unspecified atom stereocenters. The molecular weight excluding hydrogens is 460 g/mol. The predicted molar refractivity (Wildman–Crippen MR) is 142 cm³/mol. The van der Waals surface area contributed by atoms with Crippen LogP contribution in [0.1, 0.15) is 105 Å². The average molecular weight is 503 g/mol. The highest BCUT2D eigenvalue weighted by Crippen LogP contribution is 2.57. The Labute approximate surface area is 216 Å². The Morgan fingerprint density at radius 2 is 1.97 bits per heavy atom. The van der Waals surface area contributed by atoms with Gasteiger partial charge in [-0.3, -0.25) is 14.6 Å². The monoisotopic (exact) mass is 502 g/mol. The molecule has 194 valence electrons. The lowest BCUT2D eigenvalue weighted by Crippen LogP contribution is -2.41. The zero-order valence-electron chi connectivity index (χ0n) is 22.2. The molecule has 0 bridgehead atoms. The van der Waals surface area contributed by atoms with Crippen molar-refractivity contribution in [2.45, 2.75) is 116 Å². The number of pyridine rings is 1. The number of amides is 1. The molecule has 0 aromatic carbocycles. The van der Waals surface area contributed by atoms with Crippen molar-refractivity contribution in [3.63, 3.8) is 0 Å². The topological polar surface area (TPSA) is 71.6 Å². The van der Waals surface area contributed by atoms with E-state index in [-0.39, 0.29) is 35.4 Å². The van der Waals surface area contributed by atoms with E-state index in [1.54, 1.807) is 6.20 Å². The normalized spacial score (nSPS) is 33.0. The van der Waals surface area contributed by atoms with E-state index in [1.807, 2.05) is 38.1 Å². The van der Waals surface area contributed by atoms with Crippen LogP contribution in [0.25, 0.3) is 6.08 Å². The van der Waals surface area contributed by atoms with Gasteiger partial charge in [0.25, 0.3) is 0 Å². The molecule has 6 heteroatoms. The fraction of sp³-hybridized carbons (Fsp3) is 0.690. The number of nitrogens with zero attached hydrogens (tertiary/aromatic N) is 1. The van der Waals surface area contributed by atoms with Crippen molar-refractivity contribution in [3.8, 4) is 0 Å². The van der Waals surface area contributed by atoms with Crippen LogP contribution >= 0.6 is 11.6 Å². The van der Waals surface area contributed by atoms with Crippen LogP contribution in [0.4, 0.5) is 0 Å². The molecule has 0 aliphatic carbocycles. The third-order valence-electron chi connectivity index (χ3n) is 8.12. The van der Waals surface area contributed by atoms with E-state index in [0.29, 0.717) is 30.2 Å². The van der Waals surface area contributed by atoms with Crippen LogP contribution in [0.3, 0.4) is 0 Å². The standard InChI is InChI=1S/C29H43ClN2O3/c1-6-15-29-20-24(23(30)19-22-11-7-8-18-31-22)32-26(34)14-17-27(3,4)25(33)13-12-21(2)10-9-16-28(29,5)35-29/h7-8,11,18-19,21,24H,6,9-10,12-17,20H2,1-5H3,(H,32,34)/b23-19-. The highest BCUT2D eigenvalue weighted by atomic mass is 35.5. The van der Waals surface area contributed by atoms with Gasteiger partial charge in [-0.1, -0.05) is 64.6 Å². The number of rotatable bonds is 4. The van der Waals surface area contributed by atoms with Gasteiger partial charge in [0.2, 0.25) is 5.91 Å². The highest BCUT2D eigenvalue weighted by molar-refractivity contribution is 6.32. The molecule has 1 N–H and O–H groups in total. The third-order valence-corrected chi connectivity index (χ3v) is 8.49. The second-order valence-corrected chi connectivity index (χ2v) is 12.0. The van der Waals surface area contributed by atoms with Crippen LogP contribution in [-0.2, 0) is 14.3 Å². The molecule has 2 fully saturated rings. The third kappa shape index (κ3) is 7.16. The average Bonchev–Trinajstić information content (AvgIpc) is 3.38. The summed E-state index contributed by atoms with van der Waals surface area (Å²) in [5, 5.41) is 3.73. The van der Waals surface area contributed by atoms with E-state index in [1.165, 1.54) is 0 Å². The number of carbonyl (C=O) groups is 2. The largest absolute Gasteiger partial charge is 0.363 e. The Kier molecular flexibility index (Phi) is 9.20. The maximum absolute atomic E-state index is 13.1. The molecular formula is C29H43ClN2O3. The van der Waals surface area contributed by atoms with Gasteiger partial charge >= 0.3 is 0 Å². The number of ether oxygens (including phenoxy) is 1. The van der Waals surface area contributed by atoms with Gasteiger partial charge in [0.1, 0.15) is 5.78 Å². The number of halogens is 1. The van der Waals surface area contributed by atoms with Crippen LogP contribution < -0.4 is 5.32 Å². The van der Waals surface area contributed by atoms with Gasteiger partial charge < -0.3 is 10.1 Å². The van der Waals surface area contributed by atoms with E-state index in [4.69, 9.17) is 16.3 Å². The number of ketones is 1. The van der Waals surface area contributed by atoms with Crippen molar-refractivity contribution in [3.05, 3.63) is 35.1 Å². The van der Waals surface area contributed by atoms with E-state index in [2.05, 4.69) is 31.1 Å². The number of carbonyl (C=O) groups excluding carboxylic acids is 2. The summed E-state index contributed by atoms with van der Waals surface area (Å²) >= 11 is 6.84. The van der Waals surface area contributed by atoms with Crippen LogP contribution in [0.15, 0.2) is 29.4 Å². The SMILES string of the molecule is CCCC12CC(/C(Cl)=C/c3ccccn3)NC(=O)CCC(C)(C)C(=O)CCC(C)CCCC1(C)O2. The molecule has 0 spiro atoms. The molecule has 3 rings (SSSR count). The van der Waals surface area contributed by atoms with Crippen molar-refractivity contribution >= 4 is 29.4 Å². The van der Waals surface area contributed by atoms with Gasteiger partial charge in [0, 0.05) is 35.9 Å². The van der Waals surface area contributed by atoms with Gasteiger partial charge in [0.05, 0.1) is 22.9 Å². The Bertz CT molecular complexity index is 916. The zero-order chi connectivity index (χ0) is 25.7. The lowest BCUT2D eigenvalue weighted by Gasteiger charge is -2.27. The molecule has 2 aliphatic heterocycles. The number of nitrogens with one attached hydrogen (secondary N) is 1. The second kappa shape index (κ2) is 11.6. The summed E-state index contributed by atoms with van der Waals surface area (Å²) in [6.07, 6.45) is 11.5. The Morgan fingerprint density at radius 1 is 1.20 bits per heavy atom. The molecule has 0 saturated carbocycles. The summed E-state index contributed by atoms with van der Waals surface area (Å²) in [5.74, 6) is 0.656. The molecule has 1 amide bonds. The first-order valence-electron chi connectivity index (χ1n) is 13.3. The molecule has 4 atom stereocenters. The number of aromatic nitrogens is 1. The molecule has 1 aromatic heterocycles. The minimum Gasteiger partial charge on any atom is -0.363 e. The molecule has 0 radical (unpaired) electrons. The number of epoxide rings is 1. The van der Waals surface area contributed by atoms with Crippen molar-refractivity contribution in [2.75, 3.05) is 0 Å². The second-order valence-electron chi connectivity index (χ2n) is 11.5. The molecule has 2 aliphatic rings. The van der Waals surface area contributed by atoms with Gasteiger partial charge in [0.15, 0.2) is 0 Å². The predicted octanol–water partition coefficient (Wildman–Crippen LogP) is 6.84. The first-order valence-corrected chi connectivity index (χ1v) is 13.7. The number of hydrogen-bond acceptors (Lipinski definition) is 4. The zero-order valence-corrected chi connectivity index (χ0v) is 22.9. The smallest absolute Gasteiger partial charge is 0.220 e. The molecule has 2 saturated heterocycles. The molecule has 35 heavy (non-hydrogen) atoms. The summed E-state index contributed by atoms with van der Waals surface area (Å²) in [6.45, 7) is 10.5. The maximum Gasteiger partial charge on any atom is 0.220 e. The fourth-order valence-electron chi connectivity index (χ4n) is 5.49. The van der Waals surface area contributed by atoms with Gasteiger partial charge in [-0.25, -0.2) is 0 Å². The fourth-order valence-corrected chi connectivity index (χ4v) is 5.74. The van der Waals surface area contributed by atoms with Crippen molar-refractivity contribution < 1.29 is 14.3 Å². The Hall–Kier alpha value is -1.72. The number of Topliss-reactive ketones (excluding diaryl/α,β-unsaturated/α-hetero) is 1. The summed E-state index contributed by atoms with van der Waals surface area (Å²) < 4.78 is 6.50. The van der Waals surface area contributed by atoms with Gasteiger partial charge in [-0.2, -0.15) is 0 Å². The van der Waals surface area contributed by atoms with Gasteiger partial charge in [-0.05, 0) is 56.7 Å². The maximum atomic E-state index is 13.1. The Morgan fingerprint density at radius 3 is 2.66 bits per heavy atom. The summed E-state index contributed by atoms with van der Waals surface area (Å²) in [7, 11) is 0. The summed E-state index contributed by atoms with van der Waals surface area (Å²) in [6, 6.07) is 5.31. The van der Waals surface area contributed by atoms with Crippen LogP contribution in [-0.4, -0.2) is 33.9 Å². The van der Waals surface area contributed by atoms with Crippen LogP contribution in [0.5, 0.6) is 0 Å². The van der Waals surface area contributed by atoms with Crippen LogP contribution in [0.2, 0.25) is 0 Å². The summed E-state index contributed by atoms with van der Waals surface area (Å²) in [5.41, 5.74) is -0.279. The highest BCUT2D eigenvalue weighted by Gasteiger charge is 2.65. The minimum absolute atomic E-state index is 0.0853. The van der Waals surface area contributed by atoms with E-state index >= 15 is 0 Å². The van der Waals surface area contributed by atoms with E-state index in [0.717, 1.165) is 44.2 Å². The summed E-state index contributed by atoms with van der Waals surface area (Å²) in [4.78, 5) is 30.3. The minimum atomic E-state index is -0.515. The lowest BCUT2D eigenvalue weighted by molar-refractivity contribution is -0.128. The van der Waals surface area contributed by atoms with Crippen molar-refractivity contribution in [2.24, 2.45) is 11.3 Å². The molecule has 1 aromatic rings.